The number of anilines is 1. The van der Waals surface area contributed by atoms with Gasteiger partial charge in [-0.1, -0.05) is 11.6 Å². The van der Waals surface area contributed by atoms with Crippen LogP contribution in [0.3, 0.4) is 0 Å². The van der Waals surface area contributed by atoms with E-state index >= 15 is 0 Å². The molecule has 2 aromatic rings. The van der Waals surface area contributed by atoms with Crippen molar-refractivity contribution in [2.75, 3.05) is 38.1 Å². The van der Waals surface area contributed by atoms with Crippen molar-refractivity contribution in [3.05, 3.63) is 47.0 Å². The summed E-state index contributed by atoms with van der Waals surface area (Å²) in [4.78, 5) is 26.9. The monoisotopic (exact) mass is 359 g/mol. The van der Waals surface area contributed by atoms with Gasteiger partial charge >= 0.3 is 0 Å². The summed E-state index contributed by atoms with van der Waals surface area (Å²) in [6.45, 7) is 3.93. The number of nitrogens with one attached hydrogen (secondary N) is 1. The molecule has 0 radical (unpaired) electrons. The minimum atomic E-state index is -0.113. The van der Waals surface area contributed by atoms with E-state index < -0.39 is 0 Å². The number of nitrogens with zero attached hydrogens (tertiary/aromatic N) is 4. The summed E-state index contributed by atoms with van der Waals surface area (Å²) < 4.78 is 0. The van der Waals surface area contributed by atoms with Gasteiger partial charge in [0.25, 0.3) is 0 Å². The van der Waals surface area contributed by atoms with Crippen LogP contribution >= 0.6 is 11.6 Å². The topological polar surface area (TPSA) is 55.5 Å². The lowest BCUT2D eigenvalue weighted by molar-refractivity contribution is -0.137. The number of rotatable bonds is 2. The van der Waals surface area contributed by atoms with Gasteiger partial charge in [0.05, 0.1) is 23.8 Å². The zero-order valence-corrected chi connectivity index (χ0v) is 15.0. The second-order valence-electron chi connectivity index (χ2n) is 6.75. The number of piperazine rings is 1. The van der Waals surface area contributed by atoms with Crippen LogP contribution < -0.4 is 4.90 Å². The number of carbonyl (C=O) groups is 1. The van der Waals surface area contributed by atoms with Crippen LogP contribution in [-0.2, 0) is 17.8 Å². The maximum atomic E-state index is 13.0. The summed E-state index contributed by atoms with van der Waals surface area (Å²) in [5.41, 5.74) is 3.31. The second-order valence-corrected chi connectivity index (χ2v) is 7.19. The Morgan fingerprint density at radius 3 is 2.64 bits per heavy atom. The first kappa shape index (κ1) is 16.4. The number of fused-ring (bicyclic) bond motifs is 1. The fourth-order valence-corrected chi connectivity index (χ4v) is 3.81. The number of imidazole rings is 1. The number of H-pyrrole nitrogens is 1. The largest absolute Gasteiger partial charge is 0.368 e. The standard InChI is InChI=1S/C18H22ClN5O/c1-22-11-16-15(20-12-21-16)10-17(22)18(25)24-8-6-23(7-9-24)14-4-2-13(19)3-5-14/h2-5,12,17H,6-11H2,1H3,(H,20,21). The molecule has 6 nitrogen and oxygen atoms in total. The van der Waals surface area contributed by atoms with Crippen molar-refractivity contribution in [2.24, 2.45) is 0 Å². The Labute approximate surface area is 152 Å². The van der Waals surface area contributed by atoms with Crippen molar-refractivity contribution in [3.8, 4) is 0 Å². The number of hydrogen-bond donors (Lipinski definition) is 1. The molecule has 0 bridgehead atoms. The highest BCUT2D eigenvalue weighted by molar-refractivity contribution is 6.30. The van der Waals surface area contributed by atoms with Crippen molar-refractivity contribution in [1.82, 2.24) is 19.8 Å². The molecule has 1 amide bonds. The number of likely N-dealkylation sites (N-methyl/N-ethyl adjacent to an activating group) is 1. The molecule has 4 rings (SSSR count). The lowest BCUT2D eigenvalue weighted by Gasteiger charge is -2.40. The highest BCUT2D eigenvalue weighted by Gasteiger charge is 2.34. The Kier molecular flexibility index (Phi) is 4.39. The molecule has 1 saturated heterocycles. The van der Waals surface area contributed by atoms with E-state index in [9.17, 15) is 4.79 Å². The maximum Gasteiger partial charge on any atom is 0.240 e. The third kappa shape index (κ3) is 3.24. The Bertz CT molecular complexity index is 751. The number of halogens is 1. The molecular weight excluding hydrogens is 338 g/mol. The summed E-state index contributed by atoms with van der Waals surface area (Å²) in [5, 5.41) is 0.746. The van der Waals surface area contributed by atoms with Crippen LogP contribution in [0, 0.1) is 0 Å². The predicted molar refractivity (Wildman–Crippen MR) is 97.8 cm³/mol. The van der Waals surface area contributed by atoms with E-state index in [0.717, 1.165) is 54.8 Å². The average Bonchev–Trinajstić information content (AvgIpc) is 3.08. The highest BCUT2D eigenvalue weighted by Crippen LogP contribution is 2.23. The molecule has 1 atom stereocenters. The number of hydrogen-bond acceptors (Lipinski definition) is 4. The van der Waals surface area contributed by atoms with Crippen LogP contribution in [0.4, 0.5) is 5.69 Å². The van der Waals surface area contributed by atoms with Crippen LogP contribution in [-0.4, -0.2) is 64.9 Å². The van der Waals surface area contributed by atoms with E-state index in [1.54, 1.807) is 6.33 Å². The van der Waals surface area contributed by atoms with E-state index in [4.69, 9.17) is 11.6 Å². The molecule has 0 spiro atoms. The fourth-order valence-electron chi connectivity index (χ4n) is 3.68. The lowest BCUT2D eigenvalue weighted by atomic mass is 10.0. The molecule has 1 aromatic heterocycles. The van der Waals surface area contributed by atoms with Gasteiger partial charge in [0.2, 0.25) is 5.91 Å². The number of benzene rings is 1. The Hall–Kier alpha value is -2.05. The molecule has 1 aromatic carbocycles. The minimum Gasteiger partial charge on any atom is -0.368 e. The first-order chi connectivity index (χ1) is 12.1. The van der Waals surface area contributed by atoms with Gasteiger partial charge < -0.3 is 14.8 Å². The zero-order valence-electron chi connectivity index (χ0n) is 14.3. The van der Waals surface area contributed by atoms with Gasteiger partial charge in [0, 0.05) is 49.9 Å². The molecule has 2 aliphatic rings. The van der Waals surface area contributed by atoms with E-state index in [2.05, 4.69) is 19.8 Å². The molecule has 1 unspecified atom stereocenters. The van der Waals surface area contributed by atoms with Gasteiger partial charge in [-0.25, -0.2) is 4.98 Å². The molecule has 7 heteroatoms. The highest BCUT2D eigenvalue weighted by atomic mass is 35.5. The number of carbonyl (C=O) groups excluding carboxylic acids is 1. The molecule has 25 heavy (non-hydrogen) atoms. The van der Waals surface area contributed by atoms with E-state index in [1.807, 2.05) is 36.2 Å². The van der Waals surface area contributed by atoms with Gasteiger partial charge in [-0.15, -0.1) is 0 Å². The quantitative estimate of drug-likeness (QED) is 0.888. The molecule has 1 fully saturated rings. The average molecular weight is 360 g/mol. The summed E-state index contributed by atoms with van der Waals surface area (Å²) in [6, 6.07) is 7.78. The third-order valence-electron chi connectivity index (χ3n) is 5.20. The number of aromatic amines is 1. The van der Waals surface area contributed by atoms with Crippen molar-refractivity contribution in [3.63, 3.8) is 0 Å². The number of aromatic nitrogens is 2. The predicted octanol–water partition coefficient (Wildman–Crippen LogP) is 1.77. The minimum absolute atomic E-state index is 0.113. The van der Waals surface area contributed by atoms with Crippen LogP contribution in [0.1, 0.15) is 11.4 Å². The van der Waals surface area contributed by atoms with Gasteiger partial charge in [-0.3, -0.25) is 9.69 Å². The van der Waals surface area contributed by atoms with E-state index in [-0.39, 0.29) is 11.9 Å². The number of amides is 1. The lowest BCUT2D eigenvalue weighted by Crippen LogP contribution is -2.55. The molecule has 0 saturated carbocycles. The Morgan fingerprint density at radius 1 is 1.20 bits per heavy atom. The first-order valence-corrected chi connectivity index (χ1v) is 9.00. The van der Waals surface area contributed by atoms with E-state index in [0.29, 0.717) is 6.42 Å². The molecule has 1 N–H and O–H groups in total. The van der Waals surface area contributed by atoms with Crippen LogP contribution in [0.2, 0.25) is 5.02 Å². The summed E-state index contributed by atoms with van der Waals surface area (Å²) in [5.74, 6) is 0.215. The molecule has 3 heterocycles. The van der Waals surface area contributed by atoms with Crippen LogP contribution in [0.5, 0.6) is 0 Å². The smallest absolute Gasteiger partial charge is 0.240 e. The van der Waals surface area contributed by atoms with Crippen LogP contribution in [0.15, 0.2) is 30.6 Å². The Morgan fingerprint density at radius 2 is 1.92 bits per heavy atom. The van der Waals surface area contributed by atoms with Crippen molar-refractivity contribution in [1.29, 1.82) is 0 Å². The molecule has 2 aliphatic heterocycles. The normalized spacial score (nSPS) is 21.3. The van der Waals surface area contributed by atoms with Crippen molar-refractivity contribution >= 4 is 23.2 Å². The zero-order chi connectivity index (χ0) is 17.4. The summed E-state index contributed by atoms with van der Waals surface area (Å²) >= 11 is 5.96. The Balaban J connectivity index is 1.39. The molecule has 132 valence electrons. The van der Waals surface area contributed by atoms with E-state index in [1.165, 1.54) is 0 Å². The maximum absolute atomic E-state index is 13.0. The van der Waals surface area contributed by atoms with Gasteiger partial charge in [-0.2, -0.15) is 0 Å². The first-order valence-electron chi connectivity index (χ1n) is 8.62. The van der Waals surface area contributed by atoms with Crippen molar-refractivity contribution < 1.29 is 4.79 Å². The molecule has 0 aliphatic carbocycles. The van der Waals surface area contributed by atoms with Gasteiger partial charge in [-0.05, 0) is 31.3 Å². The fraction of sp³-hybridized carbons (Fsp3) is 0.444. The SMILES string of the molecule is CN1Cc2[nH]cnc2CC1C(=O)N1CCN(c2ccc(Cl)cc2)CC1. The van der Waals surface area contributed by atoms with Gasteiger partial charge in [0.1, 0.15) is 0 Å². The third-order valence-corrected chi connectivity index (χ3v) is 5.45. The van der Waals surface area contributed by atoms with Crippen molar-refractivity contribution in [2.45, 2.75) is 19.0 Å². The summed E-state index contributed by atoms with van der Waals surface area (Å²) in [6.07, 6.45) is 2.40. The molecular formula is C18H22ClN5O. The van der Waals surface area contributed by atoms with Crippen LogP contribution in [0.25, 0.3) is 0 Å². The second kappa shape index (κ2) is 6.69. The summed E-state index contributed by atoms with van der Waals surface area (Å²) in [7, 11) is 2.01. The van der Waals surface area contributed by atoms with Gasteiger partial charge in [0.15, 0.2) is 0 Å².